The number of aryl methyl sites for hydroxylation is 1. The number of rotatable bonds is 6. The molecule has 102 valence electrons. The van der Waals surface area contributed by atoms with Crippen LogP contribution < -0.4 is 0 Å². The van der Waals surface area contributed by atoms with Gasteiger partial charge in [-0.25, -0.2) is 0 Å². The second kappa shape index (κ2) is 9.69. The van der Waals surface area contributed by atoms with Crippen LogP contribution in [0, 0.1) is 5.92 Å². The molecular weight excluding hydrogens is 224 g/mol. The van der Waals surface area contributed by atoms with Crippen LogP contribution in [-0.2, 0) is 17.6 Å². The third kappa shape index (κ3) is 7.88. The molecular formula is C16H26O2. The first-order valence-electron chi connectivity index (χ1n) is 6.87. The van der Waals surface area contributed by atoms with Crippen LogP contribution in [0.5, 0.6) is 0 Å². The van der Waals surface area contributed by atoms with Crippen LogP contribution in [0.25, 0.3) is 0 Å². The first-order chi connectivity index (χ1) is 8.58. The number of hydrogen-bond acceptors (Lipinski definition) is 1. The van der Waals surface area contributed by atoms with Crippen molar-refractivity contribution in [3.05, 3.63) is 35.4 Å². The Morgan fingerprint density at radius 3 is 2.39 bits per heavy atom. The molecule has 0 atom stereocenters. The zero-order valence-corrected chi connectivity index (χ0v) is 12.1. The van der Waals surface area contributed by atoms with E-state index in [-0.39, 0.29) is 6.42 Å². The average Bonchev–Trinajstić information content (AvgIpc) is 2.31. The molecule has 1 aromatic rings. The summed E-state index contributed by atoms with van der Waals surface area (Å²) in [6.07, 6.45) is 2.93. The van der Waals surface area contributed by atoms with E-state index in [9.17, 15) is 4.79 Å². The highest BCUT2D eigenvalue weighted by Crippen LogP contribution is 2.12. The molecule has 0 unspecified atom stereocenters. The highest BCUT2D eigenvalue weighted by molar-refractivity contribution is 5.66. The SMILES string of the molecule is CC.CC(C)Cc1cccc(CCCC(=O)O)c1. The predicted octanol–water partition coefficient (Wildman–Crippen LogP) is 4.32. The summed E-state index contributed by atoms with van der Waals surface area (Å²) in [5.41, 5.74) is 2.60. The van der Waals surface area contributed by atoms with Gasteiger partial charge in [0.25, 0.3) is 0 Å². The van der Waals surface area contributed by atoms with Crippen molar-refractivity contribution in [2.24, 2.45) is 5.92 Å². The molecule has 1 N–H and O–H groups in total. The minimum atomic E-state index is -0.710. The molecule has 0 heterocycles. The van der Waals surface area contributed by atoms with Crippen molar-refractivity contribution < 1.29 is 9.90 Å². The molecule has 0 bridgehead atoms. The molecule has 0 aliphatic heterocycles. The maximum absolute atomic E-state index is 10.4. The van der Waals surface area contributed by atoms with Gasteiger partial charge < -0.3 is 5.11 Å². The van der Waals surface area contributed by atoms with E-state index >= 15 is 0 Å². The number of carboxylic acids is 1. The fourth-order valence-electron chi connectivity index (χ4n) is 1.83. The summed E-state index contributed by atoms with van der Waals surface area (Å²) in [4.78, 5) is 10.4. The van der Waals surface area contributed by atoms with Crippen molar-refractivity contribution >= 4 is 5.97 Å². The first-order valence-corrected chi connectivity index (χ1v) is 6.87. The van der Waals surface area contributed by atoms with Crippen LogP contribution in [0.1, 0.15) is 51.7 Å². The summed E-state index contributed by atoms with van der Waals surface area (Å²) in [5.74, 6) is -0.0485. The van der Waals surface area contributed by atoms with E-state index in [2.05, 4.69) is 38.1 Å². The summed E-state index contributed by atoms with van der Waals surface area (Å²) in [7, 11) is 0. The van der Waals surface area contributed by atoms with Crippen molar-refractivity contribution in [1.82, 2.24) is 0 Å². The molecule has 0 aliphatic rings. The maximum Gasteiger partial charge on any atom is 0.303 e. The molecule has 0 saturated carbocycles. The van der Waals surface area contributed by atoms with Crippen molar-refractivity contribution in [3.63, 3.8) is 0 Å². The quantitative estimate of drug-likeness (QED) is 0.816. The van der Waals surface area contributed by atoms with E-state index in [4.69, 9.17) is 5.11 Å². The number of hydrogen-bond donors (Lipinski definition) is 1. The zero-order valence-electron chi connectivity index (χ0n) is 12.1. The third-order valence-electron chi connectivity index (χ3n) is 2.49. The van der Waals surface area contributed by atoms with E-state index < -0.39 is 5.97 Å². The monoisotopic (exact) mass is 250 g/mol. The van der Waals surface area contributed by atoms with Crippen LogP contribution in [0.2, 0.25) is 0 Å². The molecule has 0 aromatic heterocycles. The van der Waals surface area contributed by atoms with E-state index in [0.29, 0.717) is 5.92 Å². The maximum atomic E-state index is 10.4. The van der Waals surface area contributed by atoms with Gasteiger partial charge >= 0.3 is 5.97 Å². The summed E-state index contributed by atoms with van der Waals surface area (Å²) in [5, 5.41) is 8.57. The Kier molecular flexibility index (Phi) is 8.99. The van der Waals surface area contributed by atoms with Crippen LogP contribution in [0.15, 0.2) is 24.3 Å². The van der Waals surface area contributed by atoms with Gasteiger partial charge in [-0.1, -0.05) is 52.0 Å². The van der Waals surface area contributed by atoms with Gasteiger partial charge in [0.1, 0.15) is 0 Å². The highest BCUT2D eigenvalue weighted by atomic mass is 16.4. The number of carboxylic acid groups (broad SMARTS) is 1. The Bertz CT molecular complexity index is 343. The Balaban J connectivity index is 0.00000137. The van der Waals surface area contributed by atoms with Gasteiger partial charge in [-0.15, -0.1) is 0 Å². The second-order valence-corrected chi connectivity index (χ2v) is 4.67. The normalized spacial score (nSPS) is 9.83. The van der Waals surface area contributed by atoms with Gasteiger partial charge in [0.15, 0.2) is 0 Å². The third-order valence-corrected chi connectivity index (χ3v) is 2.49. The second-order valence-electron chi connectivity index (χ2n) is 4.67. The lowest BCUT2D eigenvalue weighted by Crippen LogP contribution is -1.98. The van der Waals surface area contributed by atoms with Gasteiger partial charge in [-0.05, 0) is 36.3 Å². The first kappa shape index (κ1) is 16.7. The fourth-order valence-corrected chi connectivity index (χ4v) is 1.83. The van der Waals surface area contributed by atoms with Crippen molar-refractivity contribution in [2.45, 2.75) is 53.4 Å². The Hall–Kier alpha value is -1.31. The Morgan fingerprint density at radius 2 is 1.83 bits per heavy atom. The van der Waals surface area contributed by atoms with Crippen LogP contribution in [0.4, 0.5) is 0 Å². The summed E-state index contributed by atoms with van der Waals surface area (Å²) in [6, 6.07) is 8.47. The minimum absolute atomic E-state index is 0.258. The van der Waals surface area contributed by atoms with Gasteiger partial charge in [0, 0.05) is 6.42 Å². The lowest BCUT2D eigenvalue weighted by atomic mass is 9.99. The number of aliphatic carboxylic acids is 1. The van der Waals surface area contributed by atoms with E-state index in [1.807, 2.05) is 13.8 Å². The van der Waals surface area contributed by atoms with Crippen LogP contribution in [-0.4, -0.2) is 11.1 Å². The summed E-state index contributed by atoms with van der Waals surface area (Å²) in [6.45, 7) is 8.41. The molecule has 0 radical (unpaired) electrons. The molecule has 0 fully saturated rings. The number of carbonyl (C=O) groups is 1. The van der Waals surface area contributed by atoms with Gasteiger partial charge in [-0.2, -0.15) is 0 Å². The lowest BCUT2D eigenvalue weighted by molar-refractivity contribution is -0.137. The van der Waals surface area contributed by atoms with Crippen molar-refractivity contribution in [2.75, 3.05) is 0 Å². The van der Waals surface area contributed by atoms with Gasteiger partial charge in [-0.3, -0.25) is 4.79 Å². The number of benzene rings is 1. The smallest absolute Gasteiger partial charge is 0.303 e. The summed E-state index contributed by atoms with van der Waals surface area (Å²) >= 11 is 0. The summed E-state index contributed by atoms with van der Waals surface area (Å²) < 4.78 is 0. The minimum Gasteiger partial charge on any atom is -0.481 e. The molecule has 0 aliphatic carbocycles. The molecule has 1 aromatic carbocycles. The highest BCUT2D eigenvalue weighted by Gasteiger charge is 2.01. The topological polar surface area (TPSA) is 37.3 Å². The van der Waals surface area contributed by atoms with Gasteiger partial charge in [0.2, 0.25) is 0 Å². The molecule has 2 nitrogen and oxygen atoms in total. The Labute approximate surface area is 111 Å². The van der Waals surface area contributed by atoms with Crippen LogP contribution >= 0.6 is 0 Å². The fraction of sp³-hybridized carbons (Fsp3) is 0.562. The standard InChI is InChI=1S/C14H20O2.C2H6/c1-11(2)9-13-7-3-5-12(10-13)6-4-8-14(15)16;1-2/h3,5,7,10-11H,4,6,8-9H2,1-2H3,(H,15,16);1-2H3. The molecule has 2 heteroatoms. The zero-order chi connectivity index (χ0) is 14.0. The largest absolute Gasteiger partial charge is 0.481 e. The van der Waals surface area contributed by atoms with Crippen molar-refractivity contribution in [3.8, 4) is 0 Å². The van der Waals surface area contributed by atoms with E-state index in [1.54, 1.807) is 0 Å². The van der Waals surface area contributed by atoms with Crippen molar-refractivity contribution in [1.29, 1.82) is 0 Å². The van der Waals surface area contributed by atoms with E-state index in [0.717, 1.165) is 19.3 Å². The molecule has 0 spiro atoms. The predicted molar refractivity (Wildman–Crippen MR) is 76.9 cm³/mol. The Morgan fingerprint density at radius 1 is 1.22 bits per heavy atom. The molecule has 0 saturated heterocycles. The molecule has 0 amide bonds. The van der Waals surface area contributed by atoms with Crippen LogP contribution in [0.3, 0.4) is 0 Å². The van der Waals surface area contributed by atoms with E-state index in [1.165, 1.54) is 11.1 Å². The average molecular weight is 250 g/mol. The van der Waals surface area contributed by atoms with Gasteiger partial charge in [0.05, 0.1) is 0 Å². The molecule has 1 rings (SSSR count). The lowest BCUT2D eigenvalue weighted by Gasteiger charge is -2.07. The molecule has 18 heavy (non-hydrogen) atoms.